The van der Waals surface area contributed by atoms with Crippen LogP contribution in [-0.2, 0) is 0 Å². The summed E-state index contributed by atoms with van der Waals surface area (Å²) in [6, 6.07) is 3.81. The molecule has 0 unspecified atom stereocenters. The molecule has 1 aliphatic carbocycles. The number of aromatic nitrogens is 1. The minimum absolute atomic E-state index is 0.0715. The van der Waals surface area contributed by atoms with Crippen molar-refractivity contribution in [1.29, 1.82) is 0 Å². The number of nitrogens with one attached hydrogen (secondary N) is 1. The fourth-order valence-electron chi connectivity index (χ4n) is 3.25. The first kappa shape index (κ1) is 17.7. The zero-order valence-electron chi connectivity index (χ0n) is 14.5. The maximum Gasteiger partial charge on any atom is 0.324 e. The Morgan fingerprint density at radius 2 is 1.91 bits per heavy atom. The maximum atomic E-state index is 12.8. The van der Waals surface area contributed by atoms with Gasteiger partial charge >= 0.3 is 6.03 Å². The van der Waals surface area contributed by atoms with E-state index in [0.717, 1.165) is 37.7 Å². The van der Waals surface area contributed by atoms with Gasteiger partial charge in [-0.2, -0.15) is 0 Å². The van der Waals surface area contributed by atoms with Gasteiger partial charge in [0, 0.05) is 44.8 Å². The number of hydrogen-bond acceptors (Lipinski definition) is 3. The van der Waals surface area contributed by atoms with Crippen LogP contribution < -0.4 is 10.2 Å². The first-order chi connectivity index (χ1) is 11.2. The molecule has 1 saturated carbocycles. The second kappa shape index (κ2) is 9.50. The molecule has 1 aliphatic rings. The van der Waals surface area contributed by atoms with E-state index in [1.165, 1.54) is 32.1 Å². The van der Waals surface area contributed by atoms with Gasteiger partial charge in [-0.3, -0.25) is 9.88 Å². The van der Waals surface area contributed by atoms with Crippen molar-refractivity contribution in [3.05, 3.63) is 24.5 Å². The van der Waals surface area contributed by atoms with E-state index >= 15 is 0 Å². The van der Waals surface area contributed by atoms with E-state index in [1.807, 2.05) is 31.1 Å². The Labute approximate surface area is 140 Å². The second-order valence-electron chi connectivity index (χ2n) is 6.43. The maximum absolute atomic E-state index is 12.8. The van der Waals surface area contributed by atoms with Crippen LogP contribution in [0.1, 0.15) is 38.5 Å². The standard InChI is InChI=1S/C18H30N4O/c1-19-13-15-22(14-10-16-6-4-3-5-7-16)18(23)21(2)17-8-11-20-12-9-17/h8-9,11-12,16,19H,3-7,10,13-15H2,1-2H3. The smallest absolute Gasteiger partial charge is 0.323 e. The molecular formula is C18H30N4O. The zero-order valence-corrected chi connectivity index (χ0v) is 14.5. The summed E-state index contributed by atoms with van der Waals surface area (Å²) in [5, 5.41) is 3.15. The van der Waals surface area contributed by atoms with E-state index in [0.29, 0.717) is 0 Å². The molecule has 2 rings (SSSR count). The number of carbonyl (C=O) groups excluding carboxylic acids is 1. The SMILES string of the molecule is CNCCN(CCC1CCCCC1)C(=O)N(C)c1ccncc1. The highest BCUT2D eigenvalue weighted by molar-refractivity contribution is 5.91. The lowest BCUT2D eigenvalue weighted by Gasteiger charge is -2.30. The molecule has 5 nitrogen and oxygen atoms in total. The number of pyridine rings is 1. The fourth-order valence-corrected chi connectivity index (χ4v) is 3.25. The van der Waals surface area contributed by atoms with Crippen molar-refractivity contribution < 1.29 is 4.79 Å². The summed E-state index contributed by atoms with van der Waals surface area (Å²) in [5.41, 5.74) is 0.886. The van der Waals surface area contributed by atoms with Gasteiger partial charge in [0.05, 0.1) is 0 Å². The lowest BCUT2D eigenvalue weighted by molar-refractivity contribution is 0.198. The van der Waals surface area contributed by atoms with Gasteiger partial charge in [-0.05, 0) is 31.5 Å². The van der Waals surface area contributed by atoms with Crippen molar-refractivity contribution in [3.63, 3.8) is 0 Å². The minimum Gasteiger partial charge on any atom is -0.323 e. The average molecular weight is 318 g/mol. The average Bonchev–Trinajstić information content (AvgIpc) is 2.62. The molecule has 1 heterocycles. The number of nitrogens with zero attached hydrogens (tertiary/aromatic N) is 3. The van der Waals surface area contributed by atoms with E-state index in [4.69, 9.17) is 0 Å². The molecule has 1 aromatic rings. The number of carbonyl (C=O) groups is 1. The molecule has 128 valence electrons. The first-order valence-corrected chi connectivity index (χ1v) is 8.79. The fraction of sp³-hybridized carbons (Fsp3) is 0.667. The van der Waals surface area contributed by atoms with E-state index < -0.39 is 0 Å². The van der Waals surface area contributed by atoms with Crippen molar-refractivity contribution >= 4 is 11.7 Å². The summed E-state index contributed by atoms with van der Waals surface area (Å²) >= 11 is 0. The largest absolute Gasteiger partial charge is 0.324 e. The highest BCUT2D eigenvalue weighted by atomic mass is 16.2. The third-order valence-corrected chi connectivity index (χ3v) is 4.77. The normalized spacial score (nSPS) is 15.4. The van der Waals surface area contributed by atoms with Crippen LogP contribution in [0.25, 0.3) is 0 Å². The molecule has 5 heteroatoms. The molecule has 0 aromatic carbocycles. The first-order valence-electron chi connectivity index (χ1n) is 8.79. The second-order valence-corrected chi connectivity index (χ2v) is 6.43. The predicted octanol–water partition coefficient (Wildman–Crippen LogP) is 3.13. The molecule has 0 spiro atoms. The molecule has 1 fully saturated rings. The van der Waals surface area contributed by atoms with Crippen LogP contribution in [0.5, 0.6) is 0 Å². The molecule has 0 aliphatic heterocycles. The van der Waals surface area contributed by atoms with Gasteiger partial charge in [-0.15, -0.1) is 0 Å². The molecule has 1 N–H and O–H groups in total. The number of anilines is 1. The summed E-state index contributed by atoms with van der Waals surface area (Å²) < 4.78 is 0. The zero-order chi connectivity index (χ0) is 16.5. The van der Waals surface area contributed by atoms with Crippen molar-refractivity contribution in [2.45, 2.75) is 38.5 Å². The van der Waals surface area contributed by atoms with Crippen LogP contribution in [-0.4, -0.2) is 49.6 Å². The molecule has 0 radical (unpaired) electrons. The Morgan fingerprint density at radius 1 is 1.22 bits per heavy atom. The van der Waals surface area contributed by atoms with Gasteiger partial charge in [-0.25, -0.2) is 4.79 Å². The van der Waals surface area contributed by atoms with Crippen molar-refractivity contribution in [2.75, 3.05) is 38.6 Å². The van der Waals surface area contributed by atoms with E-state index in [9.17, 15) is 4.79 Å². The van der Waals surface area contributed by atoms with Crippen molar-refractivity contribution in [3.8, 4) is 0 Å². The predicted molar refractivity (Wildman–Crippen MR) is 94.7 cm³/mol. The van der Waals surface area contributed by atoms with Crippen LogP contribution in [0.4, 0.5) is 10.5 Å². The molecule has 0 saturated heterocycles. The lowest BCUT2D eigenvalue weighted by atomic mass is 9.87. The Bertz CT molecular complexity index is 459. The van der Waals surface area contributed by atoms with Gasteiger partial charge in [-0.1, -0.05) is 32.1 Å². The van der Waals surface area contributed by atoms with Gasteiger partial charge in [0.25, 0.3) is 0 Å². The quantitative estimate of drug-likeness (QED) is 0.840. The van der Waals surface area contributed by atoms with Gasteiger partial charge < -0.3 is 10.2 Å². The van der Waals surface area contributed by atoms with Gasteiger partial charge in [0.15, 0.2) is 0 Å². The number of rotatable bonds is 7. The van der Waals surface area contributed by atoms with Crippen LogP contribution in [0.3, 0.4) is 0 Å². The molecule has 23 heavy (non-hydrogen) atoms. The molecule has 2 amide bonds. The summed E-state index contributed by atoms with van der Waals surface area (Å²) in [5.74, 6) is 0.792. The van der Waals surface area contributed by atoms with E-state index in [-0.39, 0.29) is 6.03 Å². The highest BCUT2D eigenvalue weighted by Gasteiger charge is 2.21. The molecule has 0 atom stereocenters. The minimum atomic E-state index is 0.0715. The topological polar surface area (TPSA) is 48.5 Å². The van der Waals surface area contributed by atoms with Crippen LogP contribution in [0.15, 0.2) is 24.5 Å². The Morgan fingerprint density at radius 3 is 2.57 bits per heavy atom. The van der Waals surface area contributed by atoms with E-state index in [2.05, 4.69) is 10.3 Å². The molecule has 0 bridgehead atoms. The third-order valence-electron chi connectivity index (χ3n) is 4.77. The van der Waals surface area contributed by atoms with Gasteiger partial charge in [0.2, 0.25) is 0 Å². The van der Waals surface area contributed by atoms with Crippen LogP contribution in [0, 0.1) is 5.92 Å². The Balaban J connectivity index is 1.93. The summed E-state index contributed by atoms with van der Waals surface area (Å²) in [6.07, 6.45) is 11.3. The number of urea groups is 1. The number of amides is 2. The summed E-state index contributed by atoms with van der Waals surface area (Å²) in [4.78, 5) is 20.5. The number of hydrogen-bond donors (Lipinski definition) is 1. The summed E-state index contributed by atoms with van der Waals surface area (Å²) in [7, 11) is 3.76. The van der Waals surface area contributed by atoms with E-state index in [1.54, 1.807) is 17.3 Å². The van der Waals surface area contributed by atoms with Crippen molar-refractivity contribution in [1.82, 2.24) is 15.2 Å². The van der Waals surface area contributed by atoms with Gasteiger partial charge in [0.1, 0.15) is 0 Å². The van der Waals surface area contributed by atoms with Crippen LogP contribution >= 0.6 is 0 Å². The lowest BCUT2D eigenvalue weighted by Crippen LogP contribution is -2.44. The summed E-state index contributed by atoms with van der Waals surface area (Å²) in [6.45, 7) is 2.42. The molecule has 1 aromatic heterocycles. The highest BCUT2D eigenvalue weighted by Crippen LogP contribution is 2.26. The van der Waals surface area contributed by atoms with Crippen LogP contribution in [0.2, 0.25) is 0 Å². The monoisotopic (exact) mass is 318 g/mol. The van der Waals surface area contributed by atoms with Crippen molar-refractivity contribution in [2.24, 2.45) is 5.92 Å². The molecular weight excluding hydrogens is 288 g/mol. The Hall–Kier alpha value is -1.62. The number of likely N-dealkylation sites (N-methyl/N-ethyl adjacent to an activating group) is 1. The Kier molecular flexibility index (Phi) is 7.33. The third kappa shape index (κ3) is 5.50.